The highest BCUT2D eigenvalue weighted by atomic mass is 79.9. The second-order valence-electron chi connectivity index (χ2n) is 6.03. The highest BCUT2D eigenvalue weighted by molar-refractivity contribution is 9.10. The van der Waals surface area contributed by atoms with Gasteiger partial charge < -0.3 is 4.74 Å². The predicted molar refractivity (Wildman–Crippen MR) is 101 cm³/mol. The Hall–Kier alpha value is -0.940. The van der Waals surface area contributed by atoms with Crippen LogP contribution in [-0.4, -0.2) is 18.2 Å². The van der Waals surface area contributed by atoms with Crippen LogP contribution < -0.4 is 0 Å². The van der Waals surface area contributed by atoms with Gasteiger partial charge in [0.05, 0.1) is 0 Å². The Morgan fingerprint density at radius 2 is 2.17 bits per heavy atom. The highest BCUT2D eigenvalue weighted by Gasteiger charge is 2.38. The van der Waals surface area contributed by atoms with Gasteiger partial charge in [-0.3, -0.25) is 4.90 Å². The zero-order valence-electron chi connectivity index (χ0n) is 13.4. The molecule has 122 valence electrons. The molecule has 0 N–H and O–H groups in total. The van der Waals surface area contributed by atoms with Crippen LogP contribution in [0.2, 0.25) is 0 Å². The van der Waals surface area contributed by atoms with Crippen molar-refractivity contribution in [2.45, 2.75) is 31.4 Å². The van der Waals surface area contributed by atoms with E-state index in [2.05, 4.69) is 76.1 Å². The van der Waals surface area contributed by atoms with Crippen LogP contribution in [0.3, 0.4) is 0 Å². The minimum atomic E-state index is -0.189. The van der Waals surface area contributed by atoms with Crippen molar-refractivity contribution in [3.8, 4) is 0 Å². The summed E-state index contributed by atoms with van der Waals surface area (Å²) in [6.45, 7) is 7.86. The molecule has 2 aromatic rings. The molecule has 0 aliphatic carbocycles. The highest BCUT2D eigenvalue weighted by Crippen LogP contribution is 2.40. The lowest BCUT2D eigenvalue weighted by Crippen LogP contribution is -2.45. The van der Waals surface area contributed by atoms with E-state index in [1.54, 1.807) is 11.3 Å². The Kier molecular flexibility index (Phi) is 5.37. The van der Waals surface area contributed by atoms with E-state index in [-0.39, 0.29) is 5.60 Å². The van der Waals surface area contributed by atoms with Gasteiger partial charge >= 0.3 is 0 Å². The van der Waals surface area contributed by atoms with Crippen LogP contribution >= 0.6 is 27.3 Å². The first-order chi connectivity index (χ1) is 11.1. The van der Waals surface area contributed by atoms with Crippen LogP contribution in [0.5, 0.6) is 0 Å². The lowest BCUT2D eigenvalue weighted by Gasteiger charge is -2.43. The minimum absolute atomic E-state index is 0.189. The van der Waals surface area contributed by atoms with E-state index in [1.807, 2.05) is 6.08 Å². The second kappa shape index (κ2) is 7.31. The first kappa shape index (κ1) is 16.9. The van der Waals surface area contributed by atoms with E-state index in [0.29, 0.717) is 12.8 Å². The van der Waals surface area contributed by atoms with Crippen molar-refractivity contribution >= 4 is 27.3 Å². The molecule has 2 heterocycles. The van der Waals surface area contributed by atoms with E-state index in [1.165, 1.54) is 10.4 Å². The van der Waals surface area contributed by atoms with Gasteiger partial charge in [-0.15, -0.1) is 17.9 Å². The first-order valence-electron chi connectivity index (χ1n) is 7.93. The number of benzene rings is 1. The maximum Gasteiger partial charge on any atom is 0.109 e. The molecule has 1 aliphatic heterocycles. The van der Waals surface area contributed by atoms with Crippen molar-refractivity contribution < 1.29 is 4.74 Å². The van der Waals surface area contributed by atoms with Gasteiger partial charge in [0.1, 0.15) is 12.3 Å². The number of ether oxygens (including phenoxy) is 1. The number of nitrogens with zero attached hydrogens (tertiary/aromatic N) is 1. The van der Waals surface area contributed by atoms with Gasteiger partial charge in [-0.1, -0.05) is 40.2 Å². The fourth-order valence-electron chi connectivity index (χ4n) is 3.15. The van der Waals surface area contributed by atoms with Crippen LogP contribution in [0.25, 0.3) is 0 Å². The molecule has 1 aliphatic rings. The van der Waals surface area contributed by atoms with Crippen LogP contribution in [0.1, 0.15) is 36.2 Å². The first-order valence-corrected chi connectivity index (χ1v) is 9.60. The molecule has 0 saturated carbocycles. The molecule has 1 aromatic heterocycles. The zero-order chi connectivity index (χ0) is 16.3. The summed E-state index contributed by atoms with van der Waals surface area (Å²) in [6, 6.07) is 13.2. The molecule has 2 atom stereocenters. The average Bonchev–Trinajstić information content (AvgIpc) is 3.11. The lowest BCUT2D eigenvalue weighted by atomic mass is 9.91. The summed E-state index contributed by atoms with van der Waals surface area (Å²) in [7, 11) is 0. The maximum absolute atomic E-state index is 6.39. The third kappa shape index (κ3) is 3.61. The smallest absolute Gasteiger partial charge is 0.109 e. The summed E-state index contributed by atoms with van der Waals surface area (Å²) in [5.41, 5.74) is 1.13. The minimum Gasteiger partial charge on any atom is -0.354 e. The van der Waals surface area contributed by atoms with E-state index < -0.39 is 0 Å². The second-order valence-corrected chi connectivity index (χ2v) is 7.89. The van der Waals surface area contributed by atoms with Crippen molar-refractivity contribution in [2.24, 2.45) is 0 Å². The van der Waals surface area contributed by atoms with Gasteiger partial charge in [0.2, 0.25) is 0 Å². The van der Waals surface area contributed by atoms with E-state index in [9.17, 15) is 0 Å². The molecule has 1 saturated heterocycles. The fourth-order valence-corrected chi connectivity index (χ4v) is 4.34. The molecule has 0 spiro atoms. The van der Waals surface area contributed by atoms with Crippen LogP contribution in [0.15, 0.2) is 58.9 Å². The molecule has 1 fully saturated rings. The van der Waals surface area contributed by atoms with Gasteiger partial charge in [0, 0.05) is 21.9 Å². The largest absolute Gasteiger partial charge is 0.354 e. The topological polar surface area (TPSA) is 12.5 Å². The monoisotopic (exact) mass is 391 g/mol. The molecular weight excluding hydrogens is 370 g/mol. The van der Waals surface area contributed by atoms with Crippen molar-refractivity contribution in [3.05, 3.63) is 69.3 Å². The molecule has 2 nitrogen and oxygen atoms in total. The van der Waals surface area contributed by atoms with Crippen molar-refractivity contribution in [1.29, 1.82) is 0 Å². The van der Waals surface area contributed by atoms with Crippen molar-refractivity contribution in [1.82, 2.24) is 4.90 Å². The predicted octanol–water partition coefficient (Wildman–Crippen LogP) is 5.72. The number of hydrogen-bond acceptors (Lipinski definition) is 3. The number of halogens is 1. The van der Waals surface area contributed by atoms with E-state index >= 15 is 0 Å². The summed E-state index contributed by atoms with van der Waals surface area (Å²) in [6.07, 6.45) is 3.85. The molecule has 0 bridgehead atoms. The van der Waals surface area contributed by atoms with Gasteiger partial charge in [-0.2, -0.15) is 0 Å². The standard InChI is InChI=1S/C19H22BrNOS/c1-3-10-19(18-5-4-13-23-18)11-12-21(14-22-19)15(2)16-6-8-17(20)9-7-16/h3-9,13,15H,1,10-12,14H2,2H3/t15-,19+/m0/s1. The summed E-state index contributed by atoms with van der Waals surface area (Å²) < 4.78 is 7.50. The van der Waals surface area contributed by atoms with Crippen molar-refractivity contribution in [2.75, 3.05) is 13.3 Å². The summed E-state index contributed by atoms with van der Waals surface area (Å²) in [5, 5.41) is 2.13. The Bertz CT molecular complexity index is 630. The van der Waals surface area contributed by atoms with Crippen LogP contribution in [0.4, 0.5) is 0 Å². The van der Waals surface area contributed by atoms with Gasteiger partial charge in [-0.05, 0) is 48.9 Å². The molecule has 0 amide bonds. The lowest BCUT2D eigenvalue weighted by molar-refractivity contribution is -0.150. The number of thiophene rings is 1. The molecule has 0 radical (unpaired) electrons. The zero-order valence-corrected chi connectivity index (χ0v) is 15.8. The number of rotatable bonds is 5. The van der Waals surface area contributed by atoms with Gasteiger partial charge in [0.25, 0.3) is 0 Å². The van der Waals surface area contributed by atoms with Crippen molar-refractivity contribution in [3.63, 3.8) is 0 Å². The molecule has 1 aromatic carbocycles. The fraction of sp³-hybridized carbons (Fsp3) is 0.368. The SMILES string of the molecule is C=CC[C@]1(c2cccs2)CCN([C@@H](C)c2ccc(Br)cc2)CO1. The Balaban J connectivity index is 1.71. The Morgan fingerprint density at radius 3 is 2.74 bits per heavy atom. The van der Waals surface area contributed by atoms with Gasteiger partial charge in [0.15, 0.2) is 0 Å². The Morgan fingerprint density at radius 1 is 1.39 bits per heavy atom. The maximum atomic E-state index is 6.39. The molecule has 4 heteroatoms. The van der Waals surface area contributed by atoms with Gasteiger partial charge in [-0.25, -0.2) is 0 Å². The van der Waals surface area contributed by atoms with Crippen LogP contribution in [-0.2, 0) is 10.3 Å². The van der Waals surface area contributed by atoms with E-state index in [0.717, 1.165) is 23.9 Å². The third-order valence-corrected chi connectivity index (χ3v) is 6.24. The molecular formula is C19H22BrNOS. The molecule has 0 unspecified atom stereocenters. The van der Waals surface area contributed by atoms with Crippen LogP contribution in [0, 0.1) is 0 Å². The Labute approximate surface area is 150 Å². The summed E-state index contributed by atoms with van der Waals surface area (Å²) in [4.78, 5) is 3.71. The third-order valence-electron chi connectivity index (χ3n) is 4.65. The number of hydrogen-bond donors (Lipinski definition) is 0. The molecule has 23 heavy (non-hydrogen) atoms. The summed E-state index contributed by atoms with van der Waals surface area (Å²) in [5.74, 6) is 0. The summed E-state index contributed by atoms with van der Waals surface area (Å²) >= 11 is 5.28. The normalized spacial score (nSPS) is 23.6. The quantitative estimate of drug-likeness (QED) is 0.603. The average molecular weight is 392 g/mol. The van der Waals surface area contributed by atoms with E-state index in [4.69, 9.17) is 4.74 Å². The molecule has 3 rings (SSSR count).